The lowest BCUT2D eigenvalue weighted by Crippen LogP contribution is -2.13. The molecule has 0 unspecified atom stereocenters. The van der Waals surface area contributed by atoms with Crippen LogP contribution in [0, 0.1) is 23.7 Å². The number of benzene rings is 2. The molecule has 0 aliphatic heterocycles. The fraction of sp³-hybridized carbons (Fsp3) is 0.568. The molecule has 0 spiro atoms. The van der Waals surface area contributed by atoms with Crippen LogP contribution in [0.2, 0.25) is 0 Å². The van der Waals surface area contributed by atoms with Crippen molar-refractivity contribution in [1.29, 1.82) is 0 Å². The molecule has 0 atom stereocenters. The van der Waals surface area contributed by atoms with Gasteiger partial charge in [0.25, 0.3) is 0 Å². The second-order valence-electron chi connectivity index (χ2n) is 11.9. The first kappa shape index (κ1) is 27.8. The third-order valence-corrected chi connectivity index (χ3v) is 9.15. The van der Waals surface area contributed by atoms with Crippen LogP contribution in [0.5, 0.6) is 0 Å². The molecule has 0 aromatic heterocycles. The van der Waals surface area contributed by atoms with Crippen LogP contribution >= 0.6 is 0 Å². The Labute approximate surface area is 228 Å². The molecule has 0 heteroatoms. The molecule has 0 heterocycles. The molecular formula is C37H50. The van der Waals surface area contributed by atoms with Crippen molar-refractivity contribution in [3.63, 3.8) is 0 Å². The summed E-state index contributed by atoms with van der Waals surface area (Å²) in [6.45, 7) is 4.59. The number of hydrogen-bond donors (Lipinski definition) is 0. The van der Waals surface area contributed by atoms with Crippen LogP contribution in [0.4, 0.5) is 0 Å². The zero-order valence-electron chi connectivity index (χ0n) is 23.7. The number of rotatable bonds is 10. The minimum atomic E-state index is 0.689. The van der Waals surface area contributed by atoms with Gasteiger partial charge in [0.1, 0.15) is 0 Å². The van der Waals surface area contributed by atoms with Gasteiger partial charge in [-0.2, -0.15) is 0 Å². The zero-order chi connectivity index (χ0) is 25.7. The summed E-state index contributed by atoms with van der Waals surface area (Å²) in [4.78, 5) is 0. The van der Waals surface area contributed by atoms with Crippen molar-refractivity contribution in [3.05, 3.63) is 82.9 Å². The van der Waals surface area contributed by atoms with Crippen molar-refractivity contribution in [2.75, 3.05) is 0 Å². The fourth-order valence-corrected chi connectivity index (χ4v) is 6.61. The minimum absolute atomic E-state index is 0.689. The Balaban J connectivity index is 1.18. The monoisotopic (exact) mass is 494 g/mol. The van der Waals surface area contributed by atoms with Gasteiger partial charge in [-0.1, -0.05) is 100 Å². The van der Waals surface area contributed by atoms with Gasteiger partial charge in [-0.25, -0.2) is 0 Å². The summed E-state index contributed by atoms with van der Waals surface area (Å²) in [5.74, 6) is 9.85. The smallest absolute Gasteiger partial charge is 0.0249 e. The highest BCUT2D eigenvalue weighted by Crippen LogP contribution is 2.38. The molecule has 2 aliphatic carbocycles. The van der Waals surface area contributed by atoms with Crippen LogP contribution in [0.25, 0.3) is 0 Å². The largest absolute Gasteiger partial charge is 0.0730 e. The van der Waals surface area contributed by atoms with Crippen molar-refractivity contribution in [3.8, 4) is 11.8 Å². The van der Waals surface area contributed by atoms with E-state index in [2.05, 4.69) is 86.4 Å². The summed E-state index contributed by atoms with van der Waals surface area (Å²) in [6.07, 6.45) is 24.6. The molecule has 198 valence electrons. The van der Waals surface area contributed by atoms with Crippen molar-refractivity contribution < 1.29 is 0 Å². The molecule has 0 bridgehead atoms. The highest BCUT2D eigenvalue weighted by Gasteiger charge is 2.22. The molecule has 4 rings (SSSR count). The second kappa shape index (κ2) is 15.2. The SMILES string of the molecule is CCCCCc1ccc([C@H]2CC[C@H](/C=C/C#Cc3ccc([C@H]4CC[C@H](CCCC)CC4)cc3)CC2)cc1. The Bertz CT molecular complexity index is 981. The van der Waals surface area contributed by atoms with E-state index in [-0.39, 0.29) is 0 Å². The lowest BCUT2D eigenvalue weighted by molar-refractivity contribution is 0.304. The number of hydrogen-bond acceptors (Lipinski definition) is 0. The lowest BCUT2D eigenvalue weighted by Gasteiger charge is -2.28. The maximum atomic E-state index is 3.37. The summed E-state index contributed by atoms with van der Waals surface area (Å²) in [6, 6.07) is 18.7. The molecule has 0 amide bonds. The average Bonchev–Trinajstić information content (AvgIpc) is 2.96. The van der Waals surface area contributed by atoms with E-state index < -0.39 is 0 Å². The summed E-state index contributed by atoms with van der Waals surface area (Å²) in [5, 5.41) is 0. The average molecular weight is 495 g/mol. The van der Waals surface area contributed by atoms with Crippen molar-refractivity contribution in [1.82, 2.24) is 0 Å². The Hall–Kier alpha value is -2.26. The molecule has 2 aliphatic rings. The predicted molar refractivity (Wildman–Crippen MR) is 161 cm³/mol. The normalized spacial score (nSPS) is 24.1. The summed E-state index contributed by atoms with van der Waals surface area (Å²) in [7, 11) is 0. The van der Waals surface area contributed by atoms with Gasteiger partial charge in [0.05, 0.1) is 0 Å². The van der Waals surface area contributed by atoms with Gasteiger partial charge in [0, 0.05) is 5.56 Å². The van der Waals surface area contributed by atoms with Gasteiger partial charge in [0.15, 0.2) is 0 Å². The van der Waals surface area contributed by atoms with Crippen molar-refractivity contribution >= 4 is 0 Å². The Morgan fingerprint density at radius 1 is 0.676 bits per heavy atom. The molecule has 0 radical (unpaired) electrons. The zero-order valence-corrected chi connectivity index (χ0v) is 23.7. The molecule has 2 saturated carbocycles. The molecule has 0 N–H and O–H groups in total. The molecule has 0 nitrogen and oxygen atoms in total. The number of allylic oxidation sites excluding steroid dienone is 2. The molecule has 2 fully saturated rings. The Morgan fingerprint density at radius 3 is 1.89 bits per heavy atom. The van der Waals surface area contributed by atoms with E-state index in [1.165, 1.54) is 107 Å². The van der Waals surface area contributed by atoms with Gasteiger partial charge < -0.3 is 0 Å². The van der Waals surface area contributed by atoms with Crippen LogP contribution < -0.4 is 0 Å². The Morgan fingerprint density at radius 2 is 1.27 bits per heavy atom. The minimum Gasteiger partial charge on any atom is -0.0730 e. The predicted octanol–water partition coefficient (Wildman–Crippen LogP) is 10.8. The summed E-state index contributed by atoms with van der Waals surface area (Å²) >= 11 is 0. The van der Waals surface area contributed by atoms with Crippen LogP contribution in [-0.4, -0.2) is 0 Å². The molecule has 0 saturated heterocycles. The number of aryl methyl sites for hydroxylation is 1. The summed E-state index contributed by atoms with van der Waals surface area (Å²) in [5.41, 5.74) is 5.73. The lowest BCUT2D eigenvalue weighted by atomic mass is 9.77. The number of unbranched alkanes of at least 4 members (excludes halogenated alkanes) is 3. The molecule has 37 heavy (non-hydrogen) atoms. The molecule has 2 aromatic rings. The standard InChI is InChI=1S/C37H50/c1-3-5-7-11-31-16-24-35(25-17-31)37-28-20-33(21-29-37)13-9-8-12-32-18-26-36(27-19-32)34-22-14-30(15-23-34)10-6-4-2/h9,13,16-19,24-27,30,33-34,37H,3-7,10-11,14-15,20-23,28-29H2,1-2H3/b13-9+/t30-,33-,34-,37-. The van der Waals surface area contributed by atoms with Crippen LogP contribution in [0.3, 0.4) is 0 Å². The van der Waals surface area contributed by atoms with E-state index in [9.17, 15) is 0 Å². The van der Waals surface area contributed by atoms with Gasteiger partial charge in [0.2, 0.25) is 0 Å². The van der Waals surface area contributed by atoms with Gasteiger partial charge in [-0.15, -0.1) is 0 Å². The maximum Gasteiger partial charge on any atom is 0.0249 e. The summed E-state index contributed by atoms with van der Waals surface area (Å²) < 4.78 is 0. The van der Waals surface area contributed by atoms with Gasteiger partial charge >= 0.3 is 0 Å². The molecule has 2 aromatic carbocycles. The highest BCUT2D eigenvalue weighted by atomic mass is 14.3. The third kappa shape index (κ3) is 8.92. The first-order valence-electron chi connectivity index (χ1n) is 15.6. The van der Waals surface area contributed by atoms with Crippen LogP contribution in [-0.2, 0) is 6.42 Å². The Kier molecular flexibility index (Phi) is 11.4. The van der Waals surface area contributed by atoms with Gasteiger partial charge in [-0.05, 0) is 123 Å². The first-order chi connectivity index (χ1) is 18.2. The third-order valence-electron chi connectivity index (χ3n) is 9.15. The van der Waals surface area contributed by atoms with Crippen LogP contribution in [0.15, 0.2) is 60.7 Å². The highest BCUT2D eigenvalue weighted by molar-refractivity contribution is 5.39. The molecular weight excluding hydrogens is 444 g/mol. The van der Waals surface area contributed by atoms with E-state index in [1.54, 1.807) is 5.56 Å². The fourth-order valence-electron chi connectivity index (χ4n) is 6.61. The van der Waals surface area contributed by atoms with Crippen molar-refractivity contribution in [2.45, 2.75) is 122 Å². The topological polar surface area (TPSA) is 0 Å². The quantitative estimate of drug-likeness (QED) is 0.227. The second-order valence-corrected chi connectivity index (χ2v) is 11.9. The van der Waals surface area contributed by atoms with E-state index in [1.807, 2.05) is 0 Å². The van der Waals surface area contributed by atoms with E-state index in [0.29, 0.717) is 5.92 Å². The van der Waals surface area contributed by atoms with Crippen LogP contribution in [0.1, 0.15) is 138 Å². The van der Waals surface area contributed by atoms with Gasteiger partial charge in [-0.3, -0.25) is 0 Å². The first-order valence-corrected chi connectivity index (χ1v) is 15.6. The van der Waals surface area contributed by atoms with E-state index >= 15 is 0 Å². The van der Waals surface area contributed by atoms with E-state index in [4.69, 9.17) is 0 Å². The maximum absolute atomic E-state index is 3.37. The van der Waals surface area contributed by atoms with E-state index in [0.717, 1.165) is 23.3 Å². The van der Waals surface area contributed by atoms with Crippen molar-refractivity contribution in [2.24, 2.45) is 11.8 Å².